The Labute approximate surface area is 174 Å². The Hall–Kier alpha value is -3.64. The summed E-state index contributed by atoms with van der Waals surface area (Å²) in [6.07, 6.45) is 0.0448. The molecule has 0 bridgehead atoms. The highest BCUT2D eigenvalue weighted by Crippen LogP contribution is 2.24. The monoisotopic (exact) mass is 409 g/mol. The minimum Gasteiger partial charge on any atom is -0.369 e. The summed E-state index contributed by atoms with van der Waals surface area (Å²) in [4.78, 5) is 23.2. The number of non-ortho nitro benzene ring substituents is 1. The van der Waals surface area contributed by atoms with Crippen molar-refractivity contribution < 1.29 is 14.5 Å². The smallest absolute Gasteiger partial charge is 0.269 e. The van der Waals surface area contributed by atoms with E-state index >= 15 is 0 Å². The fourth-order valence-corrected chi connectivity index (χ4v) is 2.75. The number of carbonyl (C=O) groups is 1. The zero-order chi connectivity index (χ0) is 21.9. The maximum absolute atomic E-state index is 10.9. The van der Waals surface area contributed by atoms with Gasteiger partial charge < -0.3 is 14.4 Å². The van der Waals surface area contributed by atoms with Crippen molar-refractivity contribution in [2.45, 2.75) is 32.5 Å². The number of anilines is 1. The number of aldehydes is 1. The van der Waals surface area contributed by atoms with E-state index in [0.29, 0.717) is 24.5 Å². The molecule has 0 amide bonds. The van der Waals surface area contributed by atoms with Gasteiger partial charge in [0.25, 0.3) is 5.69 Å². The number of nitro benzene ring substituents is 1. The fourth-order valence-electron chi connectivity index (χ4n) is 2.75. The van der Waals surface area contributed by atoms with E-state index in [1.807, 2.05) is 25.1 Å². The molecule has 0 spiro atoms. The second kappa shape index (κ2) is 11.4. The third-order valence-electron chi connectivity index (χ3n) is 4.30. The highest BCUT2D eigenvalue weighted by atomic mass is 16.6. The standard InChI is InChI=1S/C21H23N5O4/c1-3-25(15-21(12-13-27)30-16(2)14-22)19-8-4-17(5-9-19)23-24-18-6-10-20(11-7-18)26(28)29/h4-11,13,16,21H,3,12,15H2,1-2H3. The summed E-state index contributed by atoms with van der Waals surface area (Å²) < 4.78 is 5.62. The maximum Gasteiger partial charge on any atom is 0.269 e. The first kappa shape index (κ1) is 22.6. The first-order valence-electron chi connectivity index (χ1n) is 9.46. The third-order valence-corrected chi connectivity index (χ3v) is 4.30. The van der Waals surface area contributed by atoms with Crippen LogP contribution in [-0.4, -0.2) is 36.5 Å². The largest absolute Gasteiger partial charge is 0.369 e. The predicted molar refractivity (Wildman–Crippen MR) is 112 cm³/mol. The first-order valence-corrected chi connectivity index (χ1v) is 9.46. The molecule has 0 heterocycles. The molecule has 0 aliphatic heterocycles. The van der Waals surface area contributed by atoms with Crippen LogP contribution in [0.4, 0.5) is 22.7 Å². The third kappa shape index (κ3) is 6.76. The molecule has 156 valence electrons. The van der Waals surface area contributed by atoms with Crippen LogP contribution < -0.4 is 4.90 Å². The van der Waals surface area contributed by atoms with Gasteiger partial charge in [-0.15, -0.1) is 0 Å². The molecule has 9 nitrogen and oxygen atoms in total. The lowest BCUT2D eigenvalue weighted by Crippen LogP contribution is -2.35. The molecule has 0 fully saturated rings. The molecular formula is C21H23N5O4. The molecule has 2 aromatic carbocycles. The minimum atomic E-state index is -0.587. The van der Waals surface area contributed by atoms with Gasteiger partial charge in [-0.1, -0.05) is 0 Å². The van der Waals surface area contributed by atoms with Crippen molar-refractivity contribution in [3.05, 3.63) is 58.6 Å². The molecule has 0 saturated carbocycles. The number of carbonyl (C=O) groups excluding carboxylic acids is 1. The van der Waals surface area contributed by atoms with Crippen molar-refractivity contribution in [1.29, 1.82) is 5.26 Å². The summed E-state index contributed by atoms with van der Waals surface area (Å²) in [6, 6.07) is 15.2. The molecule has 2 aromatic rings. The van der Waals surface area contributed by atoms with E-state index in [-0.39, 0.29) is 18.2 Å². The molecule has 0 aromatic heterocycles. The normalized spacial score (nSPS) is 12.8. The van der Waals surface area contributed by atoms with E-state index in [4.69, 9.17) is 10.00 Å². The lowest BCUT2D eigenvalue weighted by atomic mass is 10.2. The van der Waals surface area contributed by atoms with Crippen LogP contribution in [0.2, 0.25) is 0 Å². The lowest BCUT2D eigenvalue weighted by Gasteiger charge is -2.28. The highest BCUT2D eigenvalue weighted by molar-refractivity contribution is 5.54. The molecule has 30 heavy (non-hydrogen) atoms. The summed E-state index contributed by atoms with van der Waals surface area (Å²) in [5.41, 5.74) is 2.07. The predicted octanol–water partition coefficient (Wildman–Crippen LogP) is 4.72. The van der Waals surface area contributed by atoms with Gasteiger partial charge in [0.05, 0.1) is 28.5 Å². The first-order chi connectivity index (χ1) is 14.5. The van der Waals surface area contributed by atoms with Crippen LogP contribution in [0.25, 0.3) is 0 Å². The molecule has 0 aliphatic rings. The van der Waals surface area contributed by atoms with Crippen molar-refractivity contribution >= 4 is 29.0 Å². The Balaban J connectivity index is 2.05. The van der Waals surface area contributed by atoms with Gasteiger partial charge >= 0.3 is 0 Å². The van der Waals surface area contributed by atoms with Crippen LogP contribution in [-0.2, 0) is 9.53 Å². The van der Waals surface area contributed by atoms with Crippen molar-refractivity contribution in [1.82, 2.24) is 0 Å². The van der Waals surface area contributed by atoms with Crippen molar-refractivity contribution in [2.24, 2.45) is 10.2 Å². The second-order valence-corrected chi connectivity index (χ2v) is 6.46. The molecule has 0 saturated heterocycles. The summed E-state index contributed by atoms with van der Waals surface area (Å²) in [7, 11) is 0. The van der Waals surface area contributed by atoms with Gasteiger partial charge in [0.1, 0.15) is 12.4 Å². The number of hydrogen-bond acceptors (Lipinski definition) is 8. The average Bonchev–Trinajstić information content (AvgIpc) is 2.76. The second-order valence-electron chi connectivity index (χ2n) is 6.46. The minimum absolute atomic E-state index is 0.000938. The number of hydrogen-bond donors (Lipinski definition) is 0. The number of azo groups is 1. The molecular weight excluding hydrogens is 386 g/mol. The fraction of sp³-hybridized carbons (Fsp3) is 0.333. The zero-order valence-electron chi connectivity index (χ0n) is 16.8. The van der Waals surface area contributed by atoms with E-state index in [1.54, 1.807) is 19.1 Å². The SMILES string of the molecule is CCN(CC(CC=O)OC(C)C#N)c1ccc(N=Nc2ccc([N+](=O)[O-])cc2)cc1. The number of ether oxygens (including phenoxy) is 1. The Morgan fingerprint density at radius 1 is 1.17 bits per heavy atom. The maximum atomic E-state index is 10.9. The Bertz CT molecular complexity index is 906. The Kier molecular flexibility index (Phi) is 8.59. The van der Waals surface area contributed by atoms with Crippen LogP contribution in [0.3, 0.4) is 0 Å². The van der Waals surface area contributed by atoms with Crippen molar-refractivity contribution in [3.8, 4) is 6.07 Å². The lowest BCUT2D eigenvalue weighted by molar-refractivity contribution is -0.384. The zero-order valence-corrected chi connectivity index (χ0v) is 16.8. The van der Waals surface area contributed by atoms with E-state index in [9.17, 15) is 14.9 Å². The molecule has 9 heteroatoms. The Morgan fingerprint density at radius 2 is 1.73 bits per heavy atom. The van der Waals surface area contributed by atoms with Crippen LogP contribution in [0.15, 0.2) is 58.8 Å². The van der Waals surface area contributed by atoms with E-state index in [0.717, 1.165) is 12.0 Å². The number of nitro groups is 1. The molecule has 2 rings (SSSR count). The van der Waals surface area contributed by atoms with Gasteiger partial charge in [-0.2, -0.15) is 15.5 Å². The Morgan fingerprint density at radius 3 is 2.20 bits per heavy atom. The van der Waals surface area contributed by atoms with Crippen LogP contribution >= 0.6 is 0 Å². The van der Waals surface area contributed by atoms with Crippen molar-refractivity contribution in [2.75, 3.05) is 18.0 Å². The summed E-state index contributed by atoms with van der Waals surface area (Å²) in [6.45, 7) is 4.82. The van der Waals surface area contributed by atoms with Gasteiger partial charge in [0, 0.05) is 37.3 Å². The van der Waals surface area contributed by atoms with Crippen LogP contribution in [0.1, 0.15) is 20.3 Å². The van der Waals surface area contributed by atoms with Gasteiger partial charge in [0.15, 0.2) is 0 Å². The number of nitrogens with zero attached hydrogens (tertiary/aromatic N) is 5. The van der Waals surface area contributed by atoms with E-state index in [2.05, 4.69) is 15.1 Å². The summed E-state index contributed by atoms with van der Waals surface area (Å²) in [5, 5.41) is 27.9. The molecule has 0 radical (unpaired) electrons. The topological polar surface area (TPSA) is 121 Å². The van der Waals surface area contributed by atoms with Gasteiger partial charge in [-0.05, 0) is 50.2 Å². The van der Waals surface area contributed by atoms with Gasteiger partial charge in [0.2, 0.25) is 0 Å². The van der Waals surface area contributed by atoms with Crippen molar-refractivity contribution in [3.63, 3.8) is 0 Å². The number of rotatable bonds is 11. The van der Waals surface area contributed by atoms with E-state index < -0.39 is 11.0 Å². The van der Waals surface area contributed by atoms with Gasteiger partial charge in [-0.3, -0.25) is 10.1 Å². The quantitative estimate of drug-likeness (QED) is 0.229. The molecule has 2 unspecified atom stereocenters. The van der Waals surface area contributed by atoms with Crippen LogP contribution in [0.5, 0.6) is 0 Å². The highest BCUT2D eigenvalue weighted by Gasteiger charge is 2.17. The van der Waals surface area contributed by atoms with E-state index in [1.165, 1.54) is 24.3 Å². The molecule has 0 aliphatic carbocycles. The number of benzene rings is 2. The molecule has 0 N–H and O–H groups in total. The van der Waals surface area contributed by atoms with Gasteiger partial charge in [-0.25, -0.2) is 0 Å². The molecule has 2 atom stereocenters. The summed E-state index contributed by atoms with van der Waals surface area (Å²) in [5.74, 6) is 0. The number of likely N-dealkylation sites (N-methyl/N-ethyl adjacent to an activating group) is 1. The summed E-state index contributed by atoms with van der Waals surface area (Å²) >= 11 is 0. The van der Waals surface area contributed by atoms with Crippen LogP contribution in [0, 0.1) is 21.4 Å². The average molecular weight is 409 g/mol. The number of nitriles is 1.